The number of fused-ring (bicyclic) bond motifs is 2. The van der Waals surface area contributed by atoms with Gasteiger partial charge in [-0.15, -0.1) is 0 Å². The van der Waals surface area contributed by atoms with Gasteiger partial charge >= 0.3 is 5.97 Å². The topological polar surface area (TPSA) is 58.2 Å². The van der Waals surface area contributed by atoms with Crippen LogP contribution in [0, 0.1) is 0 Å². The second kappa shape index (κ2) is 7.38. The SMILES string of the molecule is O=C1OC2(CCN(c3ncc(-c4ccc(-c5ccccc5)cc4)[nH]3)CC2)c2ccccc21. The fourth-order valence-electron chi connectivity index (χ4n) is 4.89. The summed E-state index contributed by atoms with van der Waals surface area (Å²) in [7, 11) is 0. The quantitative estimate of drug-likeness (QED) is 0.450. The molecule has 1 N–H and O–H groups in total. The number of aromatic amines is 1. The number of imidazole rings is 1. The van der Waals surface area contributed by atoms with E-state index in [1.165, 1.54) is 11.1 Å². The van der Waals surface area contributed by atoms with E-state index >= 15 is 0 Å². The number of benzene rings is 3. The largest absolute Gasteiger partial charge is 0.450 e. The fraction of sp³-hybridized carbons (Fsp3) is 0.185. The van der Waals surface area contributed by atoms with Crippen molar-refractivity contribution in [2.45, 2.75) is 18.4 Å². The van der Waals surface area contributed by atoms with Crippen molar-refractivity contribution in [3.05, 3.63) is 96.2 Å². The van der Waals surface area contributed by atoms with Crippen molar-refractivity contribution in [2.75, 3.05) is 18.0 Å². The number of hydrogen-bond donors (Lipinski definition) is 1. The zero-order valence-electron chi connectivity index (χ0n) is 17.6. The molecule has 5 heteroatoms. The molecule has 32 heavy (non-hydrogen) atoms. The molecule has 158 valence electrons. The fourth-order valence-corrected chi connectivity index (χ4v) is 4.89. The number of nitrogens with zero attached hydrogens (tertiary/aromatic N) is 2. The van der Waals surface area contributed by atoms with Gasteiger partial charge in [-0.2, -0.15) is 0 Å². The Labute approximate surface area is 186 Å². The summed E-state index contributed by atoms with van der Waals surface area (Å²) >= 11 is 0. The van der Waals surface area contributed by atoms with E-state index in [-0.39, 0.29) is 5.97 Å². The van der Waals surface area contributed by atoms with Crippen LogP contribution in [0.5, 0.6) is 0 Å². The molecule has 1 aromatic heterocycles. The van der Waals surface area contributed by atoms with E-state index in [0.717, 1.165) is 48.7 Å². The molecule has 0 saturated carbocycles. The first kappa shape index (κ1) is 18.9. The smallest absolute Gasteiger partial charge is 0.339 e. The van der Waals surface area contributed by atoms with Gasteiger partial charge in [0.1, 0.15) is 5.60 Å². The van der Waals surface area contributed by atoms with Gasteiger partial charge < -0.3 is 14.6 Å². The molecule has 1 saturated heterocycles. The first-order valence-corrected chi connectivity index (χ1v) is 11.0. The summed E-state index contributed by atoms with van der Waals surface area (Å²) in [5.41, 5.74) is 5.76. The lowest BCUT2D eigenvalue weighted by Gasteiger charge is -2.38. The number of carbonyl (C=O) groups excluding carboxylic acids is 1. The number of aromatic nitrogens is 2. The van der Waals surface area contributed by atoms with E-state index in [1.807, 2.05) is 36.5 Å². The molecule has 3 heterocycles. The molecular weight excluding hydrogens is 398 g/mol. The lowest BCUT2D eigenvalue weighted by Crippen LogP contribution is -2.43. The van der Waals surface area contributed by atoms with Crippen LogP contribution in [0.15, 0.2) is 85.1 Å². The van der Waals surface area contributed by atoms with Crippen molar-refractivity contribution in [1.29, 1.82) is 0 Å². The highest BCUT2D eigenvalue weighted by molar-refractivity contribution is 5.94. The van der Waals surface area contributed by atoms with Crippen LogP contribution < -0.4 is 4.90 Å². The molecule has 0 radical (unpaired) electrons. The van der Waals surface area contributed by atoms with E-state index < -0.39 is 5.60 Å². The summed E-state index contributed by atoms with van der Waals surface area (Å²) in [6.45, 7) is 1.56. The van der Waals surface area contributed by atoms with E-state index in [1.54, 1.807) is 0 Å². The van der Waals surface area contributed by atoms with Crippen LogP contribution in [0.2, 0.25) is 0 Å². The van der Waals surface area contributed by atoms with Crippen LogP contribution in [-0.4, -0.2) is 29.0 Å². The van der Waals surface area contributed by atoms with Crippen LogP contribution in [-0.2, 0) is 10.3 Å². The highest BCUT2D eigenvalue weighted by Crippen LogP contribution is 2.44. The number of rotatable bonds is 3. The Hall–Kier alpha value is -3.86. The minimum Gasteiger partial charge on any atom is -0.450 e. The van der Waals surface area contributed by atoms with Crippen molar-refractivity contribution < 1.29 is 9.53 Å². The maximum absolute atomic E-state index is 12.3. The molecular formula is C27H23N3O2. The monoisotopic (exact) mass is 421 g/mol. The summed E-state index contributed by atoms with van der Waals surface area (Å²) in [6.07, 6.45) is 3.41. The molecule has 0 unspecified atom stereocenters. The van der Waals surface area contributed by atoms with Gasteiger partial charge in [-0.25, -0.2) is 9.78 Å². The molecule has 5 nitrogen and oxygen atoms in total. The molecule has 2 aliphatic rings. The second-order valence-electron chi connectivity index (χ2n) is 8.48. The number of H-pyrrole nitrogens is 1. The number of piperidine rings is 1. The Morgan fingerprint density at radius 3 is 2.25 bits per heavy atom. The van der Waals surface area contributed by atoms with Crippen molar-refractivity contribution in [3.8, 4) is 22.4 Å². The predicted octanol–water partition coefficient (Wildman–Crippen LogP) is 5.41. The normalized spacial score (nSPS) is 16.8. The standard InChI is InChI=1S/C27H23N3O2/c31-25-22-8-4-5-9-23(22)27(32-25)14-16-30(17-15-27)26-28-18-24(29-26)21-12-10-20(11-13-21)19-6-2-1-3-7-19/h1-13,18H,14-17H2,(H,28,29). The van der Waals surface area contributed by atoms with Gasteiger partial charge in [0.05, 0.1) is 17.5 Å². The third-order valence-corrected chi connectivity index (χ3v) is 6.66. The maximum atomic E-state index is 12.3. The Bertz CT molecular complexity index is 1270. The van der Waals surface area contributed by atoms with Crippen molar-refractivity contribution >= 4 is 11.9 Å². The summed E-state index contributed by atoms with van der Waals surface area (Å²) in [4.78, 5) is 22.7. The first-order valence-electron chi connectivity index (χ1n) is 11.0. The van der Waals surface area contributed by atoms with E-state index in [9.17, 15) is 4.79 Å². The maximum Gasteiger partial charge on any atom is 0.339 e. The molecule has 1 spiro atoms. The number of esters is 1. The van der Waals surface area contributed by atoms with E-state index in [0.29, 0.717) is 5.56 Å². The Kier molecular flexibility index (Phi) is 4.35. The number of anilines is 1. The van der Waals surface area contributed by atoms with E-state index in [4.69, 9.17) is 4.74 Å². The first-order chi connectivity index (χ1) is 15.7. The number of carbonyl (C=O) groups is 1. The Morgan fingerprint density at radius 1 is 0.812 bits per heavy atom. The van der Waals surface area contributed by atoms with Gasteiger partial charge in [-0.05, 0) is 22.8 Å². The van der Waals surface area contributed by atoms with E-state index in [2.05, 4.69) is 63.4 Å². The van der Waals surface area contributed by atoms with Gasteiger partial charge in [-0.1, -0.05) is 72.8 Å². The molecule has 0 aliphatic carbocycles. The van der Waals surface area contributed by atoms with Gasteiger partial charge in [0.15, 0.2) is 0 Å². The van der Waals surface area contributed by atoms with Crippen molar-refractivity contribution in [1.82, 2.24) is 9.97 Å². The third-order valence-electron chi connectivity index (χ3n) is 6.66. The summed E-state index contributed by atoms with van der Waals surface area (Å²) < 4.78 is 5.87. The van der Waals surface area contributed by atoms with Gasteiger partial charge in [0.25, 0.3) is 0 Å². The van der Waals surface area contributed by atoms with Gasteiger partial charge in [0.2, 0.25) is 5.95 Å². The molecule has 4 aromatic rings. The van der Waals surface area contributed by atoms with Crippen molar-refractivity contribution in [3.63, 3.8) is 0 Å². The van der Waals surface area contributed by atoms with Crippen LogP contribution in [0.3, 0.4) is 0 Å². The molecule has 3 aromatic carbocycles. The zero-order valence-corrected chi connectivity index (χ0v) is 17.6. The minimum atomic E-state index is -0.493. The summed E-state index contributed by atoms with van der Waals surface area (Å²) in [6, 6.07) is 26.7. The highest BCUT2D eigenvalue weighted by atomic mass is 16.6. The lowest BCUT2D eigenvalue weighted by molar-refractivity contribution is -0.0211. The molecule has 0 amide bonds. The molecule has 1 fully saturated rings. The van der Waals surface area contributed by atoms with Crippen LogP contribution in [0.4, 0.5) is 5.95 Å². The molecule has 0 atom stereocenters. The Morgan fingerprint density at radius 2 is 1.47 bits per heavy atom. The second-order valence-corrected chi connectivity index (χ2v) is 8.48. The third kappa shape index (κ3) is 3.09. The number of ether oxygens (including phenoxy) is 1. The zero-order chi connectivity index (χ0) is 21.5. The number of nitrogens with one attached hydrogen (secondary N) is 1. The molecule has 0 bridgehead atoms. The van der Waals surface area contributed by atoms with Crippen LogP contribution >= 0.6 is 0 Å². The molecule has 2 aliphatic heterocycles. The minimum absolute atomic E-state index is 0.201. The summed E-state index contributed by atoms with van der Waals surface area (Å²) in [5.74, 6) is 0.660. The lowest BCUT2D eigenvalue weighted by atomic mass is 9.84. The number of hydrogen-bond acceptors (Lipinski definition) is 4. The van der Waals surface area contributed by atoms with Crippen LogP contribution in [0.1, 0.15) is 28.8 Å². The predicted molar refractivity (Wildman–Crippen MR) is 124 cm³/mol. The Balaban J connectivity index is 1.18. The molecule has 6 rings (SSSR count). The average Bonchev–Trinajstić information content (AvgIpc) is 3.45. The van der Waals surface area contributed by atoms with Gasteiger partial charge in [0, 0.05) is 31.5 Å². The average molecular weight is 422 g/mol. The van der Waals surface area contributed by atoms with Crippen LogP contribution in [0.25, 0.3) is 22.4 Å². The highest BCUT2D eigenvalue weighted by Gasteiger charge is 2.47. The van der Waals surface area contributed by atoms with Gasteiger partial charge in [-0.3, -0.25) is 0 Å². The summed E-state index contributed by atoms with van der Waals surface area (Å²) in [5, 5.41) is 0. The van der Waals surface area contributed by atoms with Crippen molar-refractivity contribution in [2.24, 2.45) is 0 Å².